The number of piperazine rings is 1. The van der Waals surface area contributed by atoms with Gasteiger partial charge in [-0.2, -0.15) is 0 Å². The average Bonchev–Trinajstić information content (AvgIpc) is 3.42. The highest BCUT2D eigenvalue weighted by molar-refractivity contribution is 5.74. The van der Waals surface area contributed by atoms with Crippen molar-refractivity contribution in [3.63, 3.8) is 0 Å². The van der Waals surface area contributed by atoms with Gasteiger partial charge in [0.1, 0.15) is 0 Å². The highest BCUT2D eigenvalue weighted by Crippen LogP contribution is 2.45. The van der Waals surface area contributed by atoms with E-state index in [1.807, 2.05) is 18.5 Å². The predicted octanol–water partition coefficient (Wildman–Crippen LogP) is 2.70. The van der Waals surface area contributed by atoms with E-state index in [4.69, 9.17) is 0 Å². The number of hydrogen-bond donors (Lipinski definition) is 1. The first-order valence-electron chi connectivity index (χ1n) is 10.1. The molecule has 1 saturated carbocycles. The third kappa shape index (κ3) is 3.87. The second-order valence-electron chi connectivity index (χ2n) is 8.31. The summed E-state index contributed by atoms with van der Waals surface area (Å²) in [6.07, 6.45) is 5.68. The van der Waals surface area contributed by atoms with Crippen molar-refractivity contribution in [2.45, 2.75) is 57.8 Å². The number of benzene rings is 1. The van der Waals surface area contributed by atoms with E-state index in [-0.39, 0.29) is 11.4 Å². The zero-order chi connectivity index (χ0) is 19.7. The molecule has 1 amide bonds. The van der Waals surface area contributed by atoms with Crippen molar-refractivity contribution in [3.8, 4) is 0 Å². The number of rotatable bonds is 5. The summed E-state index contributed by atoms with van der Waals surface area (Å²) in [4.78, 5) is 25.2. The van der Waals surface area contributed by atoms with E-state index in [9.17, 15) is 4.79 Å². The molecule has 0 bridgehead atoms. The lowest BCUT2D eigenvalue weighted by Crippen LogP contribution is -2.57. The van der Waals surface area contributed by atoms with Crippen molar-refractivity contribution < 1.29 is 4.79 Å². The van der Waals surface area contributed by atoms with Gasteiger partial charge >= 0.3 is 0 Å². The second-order valence-corrected chi connectivity index (χ2v) is 8.31. The summed E-state index contributed by atoms with van der Waals surface area (Å²) in [6.45, 7) is 8.99. The summed E-state index contributed by atoms with van der Waals surface area (Å²) >= 11 is 0. The molecule has 1 saturated heterocycles. The normalized spacial score (nSPS) is 24.0. The molecular weight excluding hydrogens is 350 g/mol. The molecular formula is C22H29N5O. The Hall–Kier alpha value is -2.47. The fraction of sp³-hybridized carbons (Fsp3) is 0.500. The van der Waals surface area contributed by atoms with Gasteiger partial charge in [0, 0.05) is 51.0 Å². The molecule has 6 heteroatoms. The predicted molar refractivity (Wildman–Crippen MR) is 110 cm³/mol. The van der Waals surface area contributed by atoms with Crippen LogP contribution in [-0.4, -0.2) is 45.9 Å². The van der Waals surface area contributed by atoms with Crippen LogP contribution in [0.5, 0.6) is 0 Å². The topological polar surface area (TPSA) is 61.4 Å². The third-order valence-electron chi connectivity index (χ3n) is 5.86. The van der Waals surface area contributed by atoms with Gasteiger partial charge in [-0.1, -0.05) is 24.3 Å². The summed E-state index contributed by atoms with van der Waals surface area (Å²) < 4.78 is 0. The summed E-state index contributed by atoms with van der Waals surface area (Å²) in [6, 6.07) is 11.4. The van der Waals surface area contributed by atoms with E-state index in [2.05, 4.69) is 63.2 Å². The molecule has 28 heavy (non-hydrogen) atoms. The van der Waals surface area contributed by atoms with E-state index < -0.39 is 0 Å². The van der Waals surface area contributed by atoms with Crippen LogP contribution in [0.4, 0.5) is 5.95 Å². The van der Waals surface area contributed by atoms with Gasteiger partial charge in [0.15, 0.2) is 0 Å². The van der Waals surface area contributed by atoms with Gasteiger partial charge in [0.2, 0.25) is 11.9 Å². The molecule has 0 spiro atoms. The standard InChI is InChI=1S/C22H29N5O/c1-16-13-26(14-17(2)27(16)21-23-11-4-12-24-21)15-19-5-7-20(8-6-19)22(9-10-22)25-18(3)28/h4-8,11-12,16-17H,9-10,13-15H2,1-3H3,(H,25,28). The number of anilines is 1. The van der Waals surface area contributed by atoms with Crippen molar-refractivity contribution in [3.05, 3.63) is 53.9 Å². The van der Waals surface area contributed by atoms with Gasteiger partial charge < -0.3 is 10.2 Å². The zero-order valence-corrected chi connectivity index (χ0v) is 16.9. The van der Waals surface area contributed by atoms with Crippen LogP contribution >= 0.6 is 0 Å². The number of hydrogen-bond acceptors (Lipinski definition) is 5. The first-order valence-corrected chi connectivity index (χ1v) is 10.1. The molecule has 2 atom stereocenters. The van der Waals surface area contributed by atoms with Crippen LogP contribution in [0.15, 0.2) is 42.7 Å². The minimum atomic E-state index is -0.116. The van der Waals surface area contributed by atoms with Gasteiger partial charge in [-0.25, -0.2) is 9.97 Å². The van der Waals surface area contributed by atoms with Crippen LogP contribution in [0, 0.1) is 0 Å². The minimum absolute atomic E-state index is 0.0461. The number of aromatic nitrogens is 2. The highest BCUT2D eigenvalue weighted by Gasteiger charge is 2.45. The van der Waals surface area contributed by atoms with Crippen molar-refractivity contribution in [2.24, 2.45) is 0 Å². The van der Waals surface area contributed by atoms with Crippen molar-refractivity contribution in [2.75, 3.05) is 18.0 Å². The number of nitrogens with one attached hydrogen (secondary N) is 1. The maximum absolute atomic E-state index is 11.5. The summed E-state index contributed by atoms with van der Waals surface area (Å²) in [5.41, 5.74) is 2.42. The molecule has 6 nitrogen and oxygen atoms in total. The zero-order valence-electron chi connectivity index (χ0n) is 16.9. The van der Waals surface area contributed by atoms with Crippen molar-refractivity contribution in [1.82, 2.24) is 20.2 Å². The molecule has 0 radical (unpaired) electrons. The first kappa shape index (κ1) is 18.9. The smallest absolute Gasteiger partial charge is 0.225 e. The molecule has 1 aromatic heterocycles. The van der Waals surface area contributed by atoms with Gasteiger partial charge in [-0.3, -0.25) is 9.69 Å². The first-order chi connectivity index (χ1) is 13.5. The minimum Gasteiger partial charge on any atom is -0.347 e. The number of nitrogens with zero attached hydrogens (tertiary/aromatic N) is 4. The van der Waals surface area contributed by atoms with Gasteiger partial charge in [0.05, 0.1) is 5.54 Å². The molecule has 2 heterocycles. The number of carbonyl (C=O) groups is 1. The summed E-state index contributed by atoms with van der Waals surface area (Å²) in [5.74, 6) is 0.865. The fourth-order valence-corrected chi connectivity index (χ4v) is 4.52. The van der Waals surface area contributed by atoms with Gasteiger partial charge in [-0.15, -0.1) is 0 Å². The molecule has 1 N–H and O–H groups in total. The molecule has 2 aromatic rings. The third-order valence-corrected chi connectivity index (χ3v) is 5.86. The molecule has 4 rings (SSSR count). The largest absolute Gasteiger partial charge is 0.347 e. The summed E-state index contributed by atoms with van der Waals surface area (Å²) in [7, 11) is 0. The quantitative estimate of drug-likeness (QED) is 0.866. The Bertz CT molecular complexity index is 807. The molecule has 2 unspecified atom stereocenters. The van der Waals surface area contributed by atoms with Gasteiger partial charge in [0.25, 0.3) is 0 Å². The molecule has 2 aliphatic rings. The van der Waals surface area contributed by atoms with Crippen LogP contribution in [0.1, 0.15) is 44.7 Å². The fourth-order valence-electron chi connectivity index (χ4n) is 4.52. The maximum atomic E-state index is 11.5. The Morgan fingerprint density at radius 3 is 2.25 bits per heavy atom. The number of carbonyl (C=O) groups excluding carboxylic acids is 1. The van der Waals surface area contributed by atoms with Gasteiger partial charge in [-0.05, 0) is 43.9 Å². The Kier molecular flexibility index (Phi) is 5.06. The van der Waals surface area contributed by atoms with Crippen LogP contribution in [0.3, 0.4) is 0 Å². The van der Waals surface area contributed by atoms with Crippen LogP contribution in [-0.2, 0) is 16.9 Å². The van der Waals surface area contributed by atoms with E-state index in [1.54, 1.807) is 6.92 Å². The number of amides is 1. The lowest BCUT2D eigenvalue weighted by Gasteiger charge is -2.44. The molecule has 2 fully saturated rings. The van der Waals surface area contributed by atoms with Crippen LogP contribution in [0.25, 0.3) is 0 Å². The lowest BCUT2D eigenvalue weighted by molar-refractivity contribution is -0.120. The Balaban J connectivity index is 1.40. The van der Waals surface area contributed by atoms with E-state index in [1.165, 1.54) is 11.1 Å². The molecule has 1 aliphatic carbocycles. The van der Waals surface area contributed by atoms with Crippen molar-refractivity contribution >= 4 is 11.9 Å². The lowest BCUT2D eigenvalue weighted by atomic mass is 10.0. The SMILES string of the molecule is CC(=O)NC1(c2ccc(CN3CC(C)N(c4ncccn4)C(C)C3)cc2)CC1. The van der Waals surface area contributed by atoms with Crippen molar-refractivity contribution in [1.29, 1.82) is 0 Å². The second kappa shape index (κ2) is 7.51. The average molecular weight is 380 g/mol. The monoisotopic (exact) mass is 379 g/mol. The van der Waals surface area contributed by atoms with Crippen LogP contribution < -0.4 is 10.2 Å². The molecule has 1 aliphatic heterocycles. The highest BCUT2D eigenvalue weighted by atomic mass is 16.1. The Labute approximate surface area is 167 Å². The Morgan fingerprint density at radius 2 is 1.71 bits per heavy atom. The van der Waals surface area contributed by atoms with Crippen LogP contribution in [0.2, 0.25) is 0 Å². The molecule has 1 aromatic carbocycles. The van der Waals surface area contributed by atoms with E-state index >= 15 is 0 Å². The maximum Gasteiger partial charge on any atom is 0.225 e. The van der Waals surface area contributed by atoms with E-state index in [0.717, 1.165) is 38.4 Å². The summed E-state index contributed by atoms with van der Waals surface area (Å²) in [5, 5.41) is 3.11. The Morgan fingerprint density at radius 1 is 1.11 bits per heavy atom. The van der Waals surface area contributed by atoms with E-state index in [0.29, 0.717) is 12.1 Å². The molecule has 148 valence electrons.